The third-order valence-electron chi connectivity index (χ3n) is 7.89. The largest absolute Gasteiger partial charge is 0.573 e. The summed E-state index contributed by atoms with van der Waals surface area (Å²) in [6, 6.07) is 25.6. The van der Waals surface area contributed by atoms with E-state index >= 15 is 0 Å². The number of carbonyl (C=O) groups is 1. The number of aliphatic imine (C=N–C) groups is 1. The highest BCUT2D eigenvalue weighted by atomic mass is 19.4. The molecule has 1 aliphatic heterocycles. The number of hydrogen-bond donors (Lipinski definition) is 2. The number of nitrogens with one attached hydrogen (secondary N) is 1. The first-order valence-corrected chi connectivity index (χ1v) is 15.6. The van der Waals surface area contributed by atoms with Crippen molar-refractivity contribution in [3.05, 3.63) is 146 Å². The molecule has 0 saturated carbocycles. The number of carbonyl (C=O) groups excluding carboxylic acids is 1. The van der Waals surface area contributed by atoms with E-state index in [9.17, 15) is 23.5 Å². The molecule has 0 aliphatic carbocycles. The molecule has 1 heterocycles. The topological polar surface area (TPSA) is 187 Å². The predicted octanol–water partition coefficient (Wildman–Crippen LogP) is 7.91. The van der Waals surface area contributed by atoms with Crippen LogP contribution in [0.15, 0.2) is 112 Å². The Hall–Kier alpha value is -6.21. The predicted molar refractivity (Wildman–Crippen MR) is 180 cm³/mol. The second kappa shape index (κ2) is 16.5. The standard InChI is InChI=1S/C35H31F3N8O5/c36-35(37,38)51-28-14-10-23(11-15-28)21-41-33(48)34(20-25-6-1-2-7-26(25)22-42-45-39)31(29-8-3-4-9-30(29)44-46-40)50-32(43-34)24-12-16-27(17-13-24)49-19-5-18-47/h1-4,6-17,31,47H,5,18-22H2,(H,41,48)/t31-,34-/m1/s1. The maximum Gasteiger partial charge on any atom is 0.573 e. The van der Waals surface area contributed by atoms with Gasteiger partial charge in [-0.1, -0.05) is 70.9 Å². The van der Waals surface area contributed by atoms with E-state index in [1.807, 2.05) is 0 Å². The molecule has 16 heteroatoms. The van der Waals surface area contributed by atoms with Crippen LogP contribution in [0.4, 0.5) is 18.9 Å². The van der Waals surface area contributed by atoms with Crippen molar-refractivity contribution in [3.8, 4) is 11.5 Å². The van der Waals surface area contributed by atoms with Gasteiger partial charge >= 0.3 is 6.36 Å². The Morgan fingerprint density at radius 3 is 2.31 bits per heavy atom. The average molecular weight is 701 g/mol. The van der Waals surface area contributed by atoms with Crippen LogP contribution in [0.1, 0.15) is 40.3 Å². The average Bonchev–Trinajstić information content (AvgIpc) is 3.51. The minimum absolute atomic E-state index is 0.00807. The summed E-state index contributed by atoms with van der Waals surface area (Å²) in [5.74, 6) is -0.368. The first-order chi connectivity index (χ1) is 24.7. The van der Waals surface area contributed by atoms with Crippen LogP contribution in [0.3, 0.4) is 0 Å². The van der Waals surface area contributed by atoms with Gasteiger partial charge in [0, 0.05) is 52.6 Å². The van der Waals surface area contributed by atoms with Crippen molar-refractivity contribution in [2.75, 3.05) is 13.2 Å². The Morgan fingerprint density at radius 1 is 0.941 bits per heavy atom. The van der Waals surface area contributed by atoms with Gasteiger partial charge in [-0.3, -0.25) is 4.79 Å². The number of ether oxygens (including phenoxy) is 3. The number of aliphatic hydroxyl groups excluding tert-OH is 1. The van der Waals surface area contributed by atoms with Gasteiger partial charge in [-0.25, -0.2) is 4.99 Å². The Balaban J connectivity index is 1.60. The summed E-state index contributed by atoms with van der Waals surface area (Å²) in [5, 5.41) is 19.5. The summed E-state index contributed by atoms with van der Waals surface area (Å²) >= 11 is 0. The van der Waals surface area contributed by atoms with Gasteiger partial charge in [-0.15, -0.1) is 13.2 Å². The number of hydrogen-bond acceptors (Lipinski definition) is 8. The van der Waals surface area contributed by atoms with Gasteiger partial charge in [0.2, 0.25) is 5.90 Å². The molecule has 262 valence electrons. The summed E-state index contributed by atoms with van der Waals surface area (Å²) in [7, 11) is 0. The normalized spacial score (nSPS) is 16.5. The fourth-order valence-corrected chi connectivity index (χ4v) is 5.53. The molecule has 0 fully saturated rings. The van der Waals surface area contributed by atoms with E-state index in [-0.39, 0.29) is 37.7 Å². The molecule has 2 atom stereocenters. The van der Waals surface area contributed by atoms with Gasteiger partial charge in [0.05, 0.1) is 13.2 Å². The summed E-state index contributed by atoms with van der Waals surface area (Å²) in [4.78, 5) is 25.5. The van der Waals surface area contributed by atoms with E-state index < -0.39 is 29.7 Å². The number of rotatable bonds is 15. The van der Waals surface area contributed by atoms with E-state index in [0.717, 1.165) is 12.1 Å². The lowest BCUT2D eigenvalue weighted by molar-refractivity contribution is -0.274. The van der Waals surface area contributed by atoms with Gasteiger partial charge < -0.3 is 24.6 Å². The monoisotopic (exact) mass is 700 g/mol. The van der Waals surface area contributed by atoms with Crippen LogP contribution < -0.4 is 14.8 Å². The Kier molecular flexibility index (Phi) is 11.6. The van der Waals surface area contributed by atoms with E-state index in [4.69, 9.17) is 25.1 Å². The minimum atomic E-state index is -4.86. The van der Waals surface area contributed by atoms with Crippen LogP contribution >= 0.6 is 0 Å². The van der Waals surface area contributed by atoms with Crippen molar-refractivity contribution >= 4 is 17.5 Å². The zero-order chi connectivity index (χ0) is 36.3. The van der Waals surface area contributed by atoms with Crippen molar-refractivity contribution in [2.24, 2.45) is 15.2 Å². The number of halogens is 3. The van der Waals surface area contributed by atoms with Crippen LogP contribution in [-0.2, 0) is 29.0 Å². The lowest BCUT2D eigenvalue weighted by Gasteiger charge is -2.32. The molecule has 13 nitrogen and oxygen atoms in total. The van der Waals surface area contributed by atoms with Crippen LogP contribution in [0, 0.1) is 0 Å². The first kappa shape index (κ1) is 36.1. The number of alkyl halides is 3. The van der Waals surface area contributed by atoms with Crippen molar-refractivity contribution in [2.45, 2.75) is 43.9 Å². The zero-order valence-electron chi connectivity index (χ0n) is 26.9. The van der Waals surface area contributed by atoms with Gasteiger partial charge in [-0.05, 0) is 64.2 Å². The van der Waals surface area contributed by atoms with Gasteiger partial charge in [0.15, 0.2) is 11.6 Å². The van der Waals surface area contributed by atoms with Gasteiger partial charge in [0.25, 0.3) is 5.91 Å². The van der Waals surface area contributed by atoms with E-state index in [1.165, 1.54) is 12.1 Å². The quantitative estimate of drug-likeness (QED) is 0.0551. The lowest BCUT2D eigenvalue weighted by Crippen LogP contribution is -2.49. The number of azide groups is 2. The molecule has 4 aromatic rings. The Bertz CT molecular complexity index is 1960. The van der Waals surface area contributed by atoms with Crippen LogP contribution in [-0.4, -0.2) is 42.0 Å². The van der Waals surface area contributed by atoms with Crippen LogP contribution in [0.25, 0.3) is 20.9 Å². The second-order valence-corrected chi connectivity index (χ2v) is 11.2. The maximum absolute atomic E-state index is 14.7. The molecular formula is C35H31F3N8O5. The summed E-state index contributed by atoms with van der Waals surface area (Å²) in [6.07, 6.45) is -5.61. The molecule has 1 aliphatic rings. The molecule has 0 aromatic heterocycles. The number of nitrogens with zero attached hydrogens (tertiary/aromatic N) is 7. The van der Waals surface area contributed by atoms with E-state index in [0.29, 0.717) is 46.6 Å². The molecule has 0 radical (unpaired) electrons. The van der Waals surface area contributed by atoms with Crippen molar-refractivity contribution in [1.82, 2.24) is 5.32 Å². The van der Waals surface area contributed by atoms with Crippen molar-refractivity contribution < 1.29 is 37.3 Å². The number of aliphatic hydroxyl groups is 1. The summed E-state index contributed by atoms with van der Waals surface area (Å²) in [5.41, 5.74) is 19.5. The smallest absolute Gasteiger partial charge is 0.494 e. The molecule has 0 unspecified atom stereocenters. The molecule has 0 spiro atoms. The molecule has 4 aromatic carbocycles. The third-order valence-corrected chi connectivity index (χ3v) is 7.89. The fourth-order valence-electron chi connectivity index (χ4n) is 5.53. The zero-order valence-corrected chi connectivity index (χ0v) is 26.9. The molecule has 2 N–H and O–H groups in total. The summed E-state index contributed by atoms with van der Waals surface area (Å²) < 4.78 is 54.3. The highest BCUT2D eigenvalue weighted by molar-refractivity contribution is 6.01. The van der Waals surface area contributed by atoms with E-state index in [1.54, 1.807) is 72.8 Å². The highest BCUT2D eigenvalue weighted by Crippen LogP contribution is 2.46. The molecule has 51 heavy (non-hydrogen) atoms. The molecule has 5 rings (SSSR count). The van der Waals surface area contributed by atoms with E-state index in [2.05, 4.69) is 30.1 Å². The first-order valence-electron chi connectivity index (χ1n) is 15.6. The highest BCUT2D eigenvalue weighted by Gasteiger charge is 2.54. The van der Waals surface area contributed by atoms with Gasteiger partial charge in [0.1, 0.15) is 11.5 Å². The van der Waals surface area contributed by atoms with Gasteiger partial charge in [-0.2, -0.15) is 0 Å². The van der Waals surface area contributed by atoms with Crippen LogP contribution in [0.2, 0.25) is 0 Å². The SMILES string of the molecule is [N-]=[N+]=NCc1ccccc1C[C@@]1(C(=O)NCc2ccc(OC(F)(F)F)cc2)N=C(c2ccc(OCCCO)cc2)O[C@@H]1c1ccccc1N=[N+]=[N-]. The molecule has 0 bridgehead atoms. The molecular weight excluding hydrogens is 669 g/mol. The van der Waals surface area contributed by atoms with Crippen molar-refractivity contribution in [1.29, 1.82) is 0 Å². The summed E-state index contributed by atoms with van der Waals surface area (Å²) in [6.45, 7) is 0.187. The number of benzene rings is 4. The third kappa shape index (κ3) is 9.08. The number of amides is 1. The Labute approximate surface area is 289 Å². The maximum atomic E-state index is 14.7. The molecule has 0 saturated heterocycles. The minimum Gasteiger partial charge on any atom is -0.494 e. The van der Waals surface area contributed by atoms with Crippen LogP contribution in [0.5, 0.6) is 11.5 Å². The Morgan fingerprint density at radius 2 is 1.63 bits per heavy atom. The fraction of sp³-hybridized carbons (Fsp3) is 0.257. The second-order valence-electron chi connectivity index (χ2n) is 11.2. The lowest BCUT2D eigenvalue weighted by atomic mass is 9.80. The molecule has 1 amide bonds. The van der Waals surface area contributed by atoms with Crippen molar-refractivity contribution in [3.63, 3.8) is 0 Å².